The van der Waals surface area contributed by atoms with Gasteiger partial charge in [-0.3, -0.25) is 4.55 Å². The molecule has 0 amide bonds. The van der Waals surface area contributed by atoms with Crippen molar-refractivity contribution in [3.63, 3.8) is 0 Å². The molecule has 0 atom stereocenters. The molecule has 3 rings (SSSR count). The smallest absolute Gasteiger partial charge is 0.282 e. The first kappa shape index (κ1) is 28.3. The summed E-state index contributed by atoms with van der Waals surface area (Å²) in [6.45, 7) is 4.35. The summed E-state index contributed by atoms with van der Waals surface area (Å²) in [4.78, 5) is 0.0482. The van der Waals surface area contributed by atoms with Crippen molar-refractivity contribution in [2.75, 3.05) is 6.54 Å². The molecule has 2 N–H and O–H groups in total. The second kappa shape index (κ2) is 11.6. The average Bonchev–Trinajstić information content (AvgIpc) is 2.91. The number of halogens is 1. The van der Waals surface area contributed by atoms with E-state index in [1.807, 2.05) is 18.2 Å². The van der Waals surface area contributed by atoms with Gasteiger partial charge in [-0.25, -0.2) is 13.1 Å². The first-order chi connectivity index (χ1) is 15.0. The molecule has 173 valence electrons. The molecule has 10 heteroatoms. The van der Waals surface area contributed by atoms with Crippen molar-refractivity contribution in [2.45, 2.75) is 48.8 Å². The number of aryl methyl sites for hydroxylation is 1. The number of unbranched alkanes of at least 4 members (excludes halogenated alkanes) is 1. The van der Waals surface area contributed by atoms with E-state index >= 15 is 0 Å². The molecule has 1 aromatic rings. The van der Waals surface area contributed by atoms with Crippen LogP contribution in [0.5, 0.6) is 0 Å². The van der Waals surface area contributed by atoms with Gasteiger partial charge in [0.05, 0.1) is 4.90 Å². The van der Waals surface area contributed by atoms with Gasteiger partial charge in [0.15, 0.2) is 0 Å². The minimum absolute atomic E-state index is 0. The number of rotatable bonds is 9. The van der Waals surface area contributed by atoms with Gasteiger partial charge in [0.1, 0.15) is 4.90 Å². The second-order valence-electron chi connectivity index (χ2n) is 7.97. The average molecular weight is 519 g/mol. The van der Waals surface area contributed by atoms with E-state index in [9.17, 15) is 21.4 Å². The van der Waals surface area contributed by atoms with Crippen molar-refractivity contribution >= 4 is 61.3 Å². The van der Waals surface area contributed by atoms with Crippen molar-refractivity contribution in [2.24, 2.45) is 0 Å². The molecular formula is C23H26ClNNaO5S2. The normalized spacial score (nSPS) is 12.2. The SMILES string of the molecule is CC(C)c1ccc2c(CCCCNS(=O)(=O)c3ccc(Cl)cc3)cc(S(=O)(=O)O)c-2cc1.[Na]. The minimum Gasteiger partial charge on any atom is -0.282 e. The number of benzene rings is 1. The molecule has 0 aromatic heterocycles. The van der Waals surface area contributed by atoms with Gasteiger partial charge < -0.3 is 0 Å². The molecule has 1 radical (unpaired) electrons. The third-order valence-corrected chi connectivity index (χ3v) is 7.95. The Labute approximate surface area is 223 Å². The summed E-state index contributed by atoms with van der Waals surface area (Å²) in [5, 5.41) is 0.462. The van der Waals surface area contributed by atoms with E-state index < -0.39 is 20.1 Å². The maximum absolute atomic E-state index is 12.3. The van der Waals surface area contributed by atoms with Gasteiger partial charge in [0, 0.05) is 46.7 Å². The Kier molecular flexibility index (Phi) is 9.97. The minimum atomic E-state index is -4.36. The van der Waals surface area contributed by atoms with Crippen LogP contribution in [0.1, 0.15) is 43.7 Å². The quantitative estimate of drug-likeness (QED) is 0.242. The third kappa shape index (κ3) is 7.26. The summed E-state index contributed by atoms with van der Waals surface area (Å²) in [5.74, 6) is 0.276. The fourth-order valence-corrected chi connectivity index (χ4v) is 5.50. The van der Waals surface area contributed by atoms with Crippen molar-refractivity contribution in [3.05, 3.63) is 70.7 Å². The van der Waals surface area contributed by atoms with Gasteiger partial charge in [-0.05, 0) is 72.2 Å². The topological polar surface area (TPSA) is 101 Å². The molecule has 0 saturated heterocycles. The maximum atomic E-state index is 12.3. The van der Waals surface area contributed by atoms with Crippen LogP contribution >= 0.6 is 11.6 Å². The molecule has 0 bridgehead atoms. The molecule has 2 aliphatic rings. The fourth-order valence-electron chi connectivity index (χ4n) is 3.55. The zero-order valence-corrected chi connectivity index (χ0v) is 23.3. The van der Waals surface area contributed by atoms with Crippen LogP contribution in [0.2, 0.25) is 5.02 Å². The van der Waals surface area contributed by atoms with Crippen LogP contribution in [0.4, 0.5) is 0 Å². The molecule has 0 unspecified atom stereocenters. The van der Waals surface area contributed by atoms with Crippen LogP contribution < -0.4 is 4.72 Å². The van der Waals surface area contributed by atoms with Gasteiger partial charge in [-0.2, -0.15) is 8.42 Å². The number of fused-ring (bicyclic) bond motifs is 1. The van der Waals surface area contributed by atoms with E-state index in [2.05, 4.69) is 18.6 Å². The van der Waals surface area contributed by atoms with Crippen LogP contribution in [0.15, 0.2) is 64.4 Å². The first-order valence-electron chi connectivity index (χ1n) is 10.3. The van der Waals surface area contributed by atoms with Gasteiger partial charge in [-0.15, -0.1) is 0 Å². The fraction of sp³-hybridized carbons (Fsp3) is 0.304. The van der Waals surface area contributed by atoms with E-state index in [1.54, 1.807) is 6.07 Å². The van der Waals surface area contributed by atoms with Gasteiger partial charge in [-0.1, -0.05) is 49.7 Å². The van der Waals surface area contributed by atoms with E-state index in [4.69, 9.17) is 11.6 Å². The van der Waals surface area contributed by atoms with Crippen LogP contribution in [0.25, 0.3) is 11.1 Å². The van der Waals surface area contributed by atoms with Crippen molar-refractivity contribution in [1.82, 2.24) is 4.72 Å². The van der Waals surface area contributed by atoms with E-state index in [1.165, 1.54) is 30.3 Å². The Morgan fingerprint density at radius 1 is 0.909 bits per heavy atom. The zero-order chi connectivity index (χ0) is 23.5. The number of hydrogen-bond donors (Lipinski definition) is 2. The van der Waals surface area contributed by atoms with Gasteiger partial charge >= 0.3 is 0 Å². The largest absolute Gasteiger partial charge is 0.295 e. The monoisotopic (exact) mass is 518 g/mol. The summed E-state index contributed by atoms with van der Waals surface area (Å²) in [7, 11) is -7.98. The van der Waals surface area contributed by atoms with Crippen LogP contribution in [0, 0.1) is 0 Å². The molecule has 0 aliphatic heterocycles. The molecule has 1 aromatic carbocycles. The summed E-state index contributed by atoms with van der Waals surface area (Å²) < 4.78 is 60.7. The second-order valence-corrected chi connectivity index (χ2v) is 11.6. The number of sulfonamides is 1. The molecule has 2 aliphatic carbocycles. The number of hydrogen-bond acceptors (Lipinski definition) is 4. The Bertz CT molecular complexity index is 1280. The van der Waals surface area contributed by atoms with Crippen LogP contribution in [-0.2, 0) is 26.6 Å². The molecule has 0 spiro atoms. The Morgan fingerprint density at radius 3 is 2.09 bits per heavy atom. The van der Waals surface area contributed by atoms with E-state index in [0.717, 1.165) is 16.7 Å². The van der Waals surface area contributed by atoms with Gasteiger partial charge in [0.2, 0.25) is 10.0 Å². The van der Waals surface area contributed by atoms with E-state index in [0.29, 0.717) is 29.8 Å². The predicted molar refractivity (Wildman–Crippen MR) is 132 cm³/mol. The summed E-state index contributed by atoms with van der Waals surface area (Å²) >= 11 is 5.80. The molecule has 0 fully saturated rings. The van der Waals surface area contributed by atoms with Crippen molar-refractivity contribution in [1.29, 1.82) is 0 Å². The van der Waals surface area contributed by atoms with Crippen LogP contribution in [-0.4, -0.2) is 57.5 Å². The molecular weight excluding hydrogens is 493 g/mol. The zero-order valence-electron chi connectivity index (χ0n) is 18.9. The predicted octanol–water partition coefficient (Wildman–Crippen LogP) is 4.74. The Balaban J connectivity index is 0.00000385. The molecule has 0 saturated carbocycles. The Morgan fingerprint density at radius 2 is 1.52 bits per heavy atom. The van der Waals surface area contributed by atoms with Gasteiger partial charge in [0.25, 0.3) is 10.1 Å². The van der Waals surface area contributed by atoms with Crippen molar-refractivity contribution < 1.29 is 21.4 Å². The van der Waals surface area contributed by atoms with Crippen LogP contribution in [0.3, 0.4) is 0 Å². The van der Waals surface area contributed by atoms with E-state index in [-0.39, 0.29) is 51.8 Å². The molecule has 33 heavy (non-hydrogen) atoms. The Hall–Kier alpha value is -0.970. The molecule has 6 nitrogen and oxygen atoms in total. The summed E-state index contributed by atoms with van der Waals surface area (Å²) in [5.41, 5.74) is 3.12. The third-order valence-electron chi connectivity index (χ3n) is 5.33. The first-order valence-corrected chi connectivity index (χ1v) is 13.6. The molecule has 0 heterocycles. The summed E-state index contributed by atoms with van der Waals surface area (Å²) in [6.07, 6.45) is 1.76. The van der Waals surface area contributed by atoms with Crippen molar-refractivity contribution in [3.8, 4) is 11.1 Å². The number of nitrogens with one attached hydrogen (secondary N) is 1. The maximum Gasteiger partial charge on any atom is 0.295 e. The standard InChI is InChI=1S/C23H26ClNO5S2.Na/c1-16(2)17-6-12-21-18(15-23(32(28,29)30)22(21)13-7-17)5-3-4-14-25-31(26,27)20-10-8-19(24)9-11-20;/h6-13,15-16,25H,3-5,14H2,1-2H3,(H,28,29,30);. The summed E-state index contributed by atoms with van der Waals surface area (Å²) in [6, 6.07) is 14.9.